The molecule has 102 valence electrons. The average Bonchev–Trinajstić information content (AvgIpc) is 2.27. The van der Waals surface area contributed by atoms with Crippen molar-refractivity contribution >= 4 is 17.9 Å². The molecule has 0 aliphatic carbocycles. The average molecular weight is 266 g/mol. The predicted octanol–water partition coefficient (Wildman–Crippen LogP) is 1.35. The molecule has 0 fully saturated rings. The standard InChI is InChI=1S/C13H14O6/c14-10(15)6-13(7-11(16)17,8-12(18)19)9-4-2-1-3-5-9/h1-5H,6-8H2,(H,14,15)(H,16,17)(H,18,19). The quantitative estimate of drug-likeness (QED) is 0.686. The monoisotopic (exact) mass is 266 g/mol. The second-order valence-corrected chi connectivity index (χ2v) is 4.36. The van der Waals surface area contributed by atoms with Crippen molar-refractivity contribution < 1.29 is 29.7 Å². The summed E-state index contributed by atoms with van der Waals surface area (Å²) in [7, 11) is 0. The van der Waals surface area contributed by atoms with Crippen LogP contribution in [0.5, 0.6) is 0 Å². The summed E-state index contributed by atoms with van der Waals surface area (Å²) in [5, 5.41) is 26.9. The molecule has 1 aromatic rings. The van der Waals surface area contributed by atoms with Crippen LogP contribution in [0.4, 0.5) is 0 Å². The molecule has 3 N–H and O–H groups in total. The van der Waals surface area contributed by atoms with Crippen molar-refractivity contribution in [1.29, 1.82) is 0 Å². The number of hydrogen-bond donors (Lipinski definition) is 3. The first-order chi connectivity index (χ1) is 8.85. The Morgan fingerprint density at radius 1 is 0.789 bits per heavy atom. The maximum absolute atomic E-state index is 11.0. The molecule has 6 heteroatoms. The third-order valence-corrected chi connectivity index (χ3v) is 2.86. The van der Waals surface area contributed by atoms with E-state index in [0.29, 0.717) is 5.56 Å². The second kappa shape index (κ2) is 5.99. The van der Waals surface area contributed by atoms with Crippen molar-refractivity contribution in [2.45, 2.75) is 24.7 Å². The molecular formula is C13H14O6. The maximum Gasteiger partial charge on any atom is 0.304 e. The first kappa shape index (κ1) is 14.7. The van der Waals surface area contributed by atoms with Gasteiger partial charge in [-0.3, -0.25) is 14.4 Å². The Balaban J connectivity index is 3.28. The minimum absolute atomic E-state index is 0.405. The van der Waals surface area contributed by atoms with Crippen LogP contribution in [0.25, 0.3) is 0 Å². The predicted molar refractivity (Wildman–Crippen MR) is 64.9 cm³/mol. The molecule has 0 atom stereocenters. The molecule has 0 radical (unpaired) electrons. The van der Waals surface area contributed by atoms with Crippen LogP contribution >= 0.6 is 0 Å². The van der Waals surface area contributed by atoms with Gasteiger partial charge < -0.3 is 15.3 Å². The topological polar surface area (TPSA) is 112 Å². The lowest BCUT2D eigenvalue weighted by Gasteiger charge is -2.29. The van der Waals surface area contributed by atoms with Gasteiger partial charge in [0.05, 0.1) is 19.3 Å². The molecule has 0 aliphatic heterocycles. The minimum atomic E-state index is -1.44. The van der Waals surface area contributed by atoms with Gasteiger partial charge >= 0.3 is 17.9 Å². The van der Waals surface area contributed by atoms with Crippen LogP contribution in [0.2, 0.25) is 0 Å². The van der Waals surface area contributed by atoms with Gasteiger partial charge in [-0.05, 0) is 5.56 Å². The van der Waals surface area contributed by atoms with E-state index >= 15 is 0 Å². The Hall–Kier alpha value is -2.37. The Kier molecular flexibility index (Phi) is 4.63. The van der Waals surface area contributed by atoms with Gasteiger partial charge in [0.15, 0.2) is 0 Å². The normalized spacial score (nSPS) is 10.9. The highest BCUT2D eigenvalue weighted by molar-refractivity contribution is 5.78. The summed E-state index contributed by atoms with van der Waals surface area (Å²) in [6.45, 7) is 0. The van der Waals surface area contributed by atoms with Crippen molar-refractivity contribution in [3.8, 4) is 0 Å². The fourth-order valence-corrected chi connectivity index (χ4v) is 2.15. The van der Waals surface area contributed by atoms with Gasteiger partial charge in [-0.15, -0.1) is 0 Å². The molecule has 0 unspecified atom stereocenters. The molecule has 0 aliphatic rings. The molecule has 0 aromatic heterocycles. The Labute approximate surface area is 109 Å². The van der Waals surface area contributed by atoms with E-state index in [-0.39, 0.29) is 0 Å². The van der Waals surface area contributed by atoms with Crippen molar-refractivity contribution in [3.05, 3.63) is 35.9 Å². The molecule has 6 nitrogen and oxygen atoms in total. The molecule has 0 saturated heterocycles. The van der Waals surface area contributed by atoms with Gasteiger partial charge in [0.25, 0.3) is 0 Å². The number of rotatable bonds is 7. The van der Waals surface area contributed by atoms with Crippen LogP contribution in [0.3, 0.4) is 0 Å². The van der Waals surface area contributed by atoms with Gasteiger partial charge in [-0.1, -0.05) is 30.3 Å². The summed E-state index contributed by atoms with van der Waals surface area (Å²) in [4.78, 5) is 32.9. The van der Waals surface area contributed by atoms with E-state index in [2.05, 4.69) is 0 Å². The van der Waals surface area contributed by atoms with Gasteiger partial charge in [0.1, 0.15) is 0 Å². The smallest absolute Gasteiger partial charge is 0.304 e. The summed E-state index contributed by atoms with van der Waals surface area (Å²) in [5.41, 5.74) is -1.03. The van der Waals surface area contributed by atoms with Crippen LogP contribution in [-0.4, -0.2) is 33.2 Å². The third kappa shape index (κ3) is 4.09. The first-order valence-electron chi connectivity index (χ1n) is 5.57. The molecule has 0 bridgehead atoms. The summed E-state index contributed by atoms with van der Waals surface area (Å²) >= 11 is 0. The zero-order valence-electron chi connectivity index (χ0n) is 10.1. The van der Waals surface area contributed by atoms with E-state index in [0.717, 1.165) is 0 Å². The molecule has 0 heterocycles. The fourth-order valence-electron chi connectivity index (χ4n) is 2.15. The summed E-state index contributed by atoms with van der Waals surface area (Å²) in [6.07, 6.45) is -1.64. The molecule has 19 heavy (non-hydrogen) atoms. The number of benzene rings is 1. The Morgan fingerprint density at radius 3 is 1.47 bits per heavy atom. The van der Waals surface area contributed by atoms with Gasteiger partial charge in [-0.25, -0.2) is 0 Å². The molecule has 1 rings (SSSR count). The Bertz CT molecular complexity index is 438. The van der Waals surface area contributed by atoms with E-state index in [1.807, 2.05) is 0 Å². The molecule has 0 saturated carbocycles. The number of hydrogen-bond acceptors (Lipinski definition) is 3. The van der Waals surface area contributed by atoms with Crippen LogP contribution in [0, 0.1) is 0 Å². The zero-order chi connectivity index (χ0) is 14.5. The number of carbonyl (C=O) groups is 3. The fraction of sp³-hybridized carbons (Fsp3) is 0.308. The number of carboxylic acid groups (broad SMARTS) is 3. The largest absolute Gasteiger partial charge is 0.481 e. The first-order valence-corrected chi connectivity index (χ1v) is 5.57. The van der Waals surface area contributed by atoms with E-state index in [1.165, 1.54) is 0 Å². The summed E-state index contributed by atoms with van der Waals surface area (Å²) < 4.78 is 0. The lowest BCUT2D eigenvalue weighted by molar-refractivity contribution is -0.144. The van der Waals surface area contributed by atoms with Crippen LogP contribution < -0.4 is 0 Å². The minimum Gasteiger partial charge on any atom is -0.481 e. The van der Waals surface area contributed by atoms with Crippen molar-refractivity contribution in [3.63, 3.8) is 0 Å². The molecule has 0 spiro atoms. The molecule has 0 amide bonds. The summed E-state index contributed by atoms with van der Waals surface area (Å²) in [5.74, 6) is -3.69. The highest BCUT2D eigenvalue weighted by Gasteiger charge is 2.39. The molecular weight excluding hydrogens is 252 g/mol. The Morgan fingerprint density at radius 2 is 1.16 bits per heavy atom. The van der Waals surface area contributed by atoms with Crippen molar-refractivity contribution in [2.24, 2.45) is 0 Å². The SMILES string of the molecule is O=C(O)CC(CC(=O)O)(CC(=O)O)c1ccccc1. The molecule has 1 aromatic carbocycles. The van der Waals surface area contributed by atoms with E-state index in [4.69, 9.17) is 15.3 Å². The second-order valence-electron chi connectivity index (χ2n) is 4.36. The lowest BCUT2D eigenvalue weighted by atomic mass is 9.72. The van der Waals surface area contributed by atoms with Gasteiger partial charge in [0.2, 0.25) is 0 Å². The number of carboxylic acids is 3. The lowest BCUT2D eigenvalue weighted by Crippen LogP contribution is -2.34. The van der Waals surface area contributed by atoms with Crippen LogP contribution in [0.1, 0.15) is 24.8 Å². The zero-order valence-corrected chi connectivity index (χ0v) is 10.1. The van der Waals surface area contributed by atoms with E-state index in [9.17, 15) is 14.4 Å². The van der Waals surface area contributed by atoms with Crippen molar-refractivity contribution in [1.82, 2.24) is 0 Å². The van der Waals surface area contributed by atoms with E-state index < -0.39 is 42.6 Å². The van der Waals surface area contributed by atoms with Crippen molar-refractivity contribution in [2.75, 3.05) is 0 Å². The van der Waals surface area contributed by atoms with Gasteiger partial charge in [-0.2, -0.15) is 0 Å². The summed E-state index contributed by atoms with van der Waals surface area (Å²) in [6, 6.07) is 8.03. The van der Waals surface area contributed by atoms with Crippen LogP contribution in [-0.2, 0) is 19.8 Å². The van der Waals surface area contributed by atoms with Crippen LogP contribution in [0.15, 0.2) is 30.3 Å². The maximum atomic E-state index is 11.0. The highest BCUT2D eigenvalue weighted by atomic mass is 16.4. The van der Waals surface area contributed by atoms with E-state index in [1.54, 1.807) is 30.3 Å². The highest BCUT2D eigenvalue weighted by Crippen LogP contribution is 2.35. The van der Waals surface area contributed by atoms with Gasteiger partial charge in [0, 0.05) is 5.41 Å². The third-order valence-electron chi connectivity index (χ3n) is 2.86. The number of aliphatic carboxylic acids is 3.